The zero-order valence-corrected chi connectivity index (χ0v) is 22.8. The number of nitrogens with zero attached hydrogens (tertiary/aromatic N) is 1. The van der Waals surface area contributed by atoms with Gasteiger partial charge in [-0.05, 0) is 90.3 Å². The normalized spacial score (nSPS) is 11.5. The van der Waals surface area contributed by atoms with E-state index in [2.05, 4.69) is 21.2 Å². The van der Waals surface area contributed by atoms with Gasteiger partial charge < -0.3 is 14.2 Å². The third-order valence-corrected chi connectivity index (χ3v) is 7.26. The minimum Gasteiger partial charge on any atom is -0.490 e. The first-order valence-corrected chi connectivity index (χ1v) is 13.3. The number of carbonyl (C=O) groups excluding carboxylic acids is 1. The van der Waals surface area contributed by atoms with E-state index in [1.54, 1.807) is 44.2 Å². The minimum absolute atomic E-state index is 0.00818. The summed E-state index contributed by atoms with van der Waals surface area (Å²) in [5.74, 6) is -0.552. The molecule has 7 nitrogen and oxygen atoms in total. The number of amides is 1. The molecule has 3 aromatic carbocycles. The molecule has 10 heteroatoms. The number of ether oxygens (including phenoxy) is 1. The maximum absolute atomic E-state index is 12.8. The molecule has 3 rings (SSSR count). The van der Waals surface area contributed by atoms with Gasteiger partial charge in [-0.2, -0.15) is 13.7 Å². The van der Waals surface area contributed by atoms with Crippen molar-refractivity contribution in [3.05, 3.63) is 86.4 Å². The Morgan fingerprint density at radius 2 is 1.86 bits per heavy atom. The summed E-state index contributed by atoms with van der Waals surface area (Å²) in [7, 11) is -4.14. The van der Waals surface area contributed by atoms with Gasteiger partial charge in [0.1, 0.15) is 16.5 Å². The Hall–Kier alpha value is -3.32. The number of halogens is 2. The van der Waals surface area contributed by atoms with E-state index in [4.69, 9.17) is 20.5 Å². The summed E-state index contributed by atoms with van der Waals surface area (Å²) in [5, 5.41) is 12.8. The zero-order chi connectivity index (χ0) is 26.5. The van der Waals surface area contributed by atoms with E-state index in [9.17, 15) is 18.5 Å². The third-order valence-electron chi connectivity index (χ3n) is 5.03. The lowest BCUT2D eigenvalue weighted by atomic mass is 10.1. The van der Waals surface area contributed by atoms with Crippen LogP contribution in [0, 0.1) is 25.2 Å². The second-order valence-corrected chi connectivity index (χ2v) is 10.5. The second-order valence-electron chi connectivity index (χ2n) is 7.65. The summed E-state index contributed by atoms with van der Waals surface area (Å²) >= 11 is 9.44. The van der Waals surface area contributed by atoms with E-state index < -0.39 is 16.0 Å². The van der Waals surface area contributed by atoms with Crippen LogP contribution in [0.15, 0.2) is 69.5 Å². The fraction of sp³-hybridized carbons (Fsp3) is 0.154. The van der Waals surface area contributed by atoms with Gasteiger partial charge in [0.15, 0.2) is 11.5 Å². The largest absolute Gasteiger partial charge is 0.490 e. The quantitative estimate of drug-likeness (QED) is 0.184. The molecule has 186 valence electrons. The topological polar surface area (TPSA) is 105 Å². The molecule has 0 aliphatic carbocycles. The summed E-state index contributed by atoms with van der Waals surface area (Å²) in [6, 6.07) is 16.2. The van der Waals surface area contributed by atoms with Gasteiger partial charge in [0.2, 0.25) is 0 Å². The van der Waals surface area contributed by atoms with E-state index in [1.807, 2.05) is 13.0 Å². The van der Waals surface area contributed by atoms with Crippen LogP contribution >= 0.6 is 27.5 Å². The van der Waals surface area contributed by atoms with Crippen LogP contribution < -0.4 is 14.2 Å². The van der Waals surface area contributed by atoms with E-state index in [1.165, 1.54) is 30.3 Å². The summed E-state index contributed by atoms with van der Waals surface area (Å²) in [4.78, 5) is 12.7. The Morgan fingerprint density at radius 3 is 2.50 bits per heavy atom. The zero-order valence-electron chi connectivity index (χ0n) is 19.6. The molecule has 0 aromatic heterocycles. The van der Waals surface area contributed by atoms with Crippen LogP contribution in [0.4, 0.5) is 5.69 Å². The minimum atomic E-state index is -4.14. The number of anilines is 1. The first-order chi connectivity index (χ1) is 17.1. The Labute approximate surface area is 223 Å². The van der Waals surface area contributed by atoms with Crippen molar-refractivity contribution in [3.8, 4) is 17.6 Å². The number of benzene rings is 3. The van der Waals surface area contributed by atoms with Gasteiger partial charge in [-0.1, -0.05) is 35.4 Å². The lowest BCUT2D eigenvalue weighted by Gasteiger charge is -2.15. The average Bonchev–Trinajstić information content (AvgIpc) is 2.83. The van der Waals surface area contributed by atoms with Gasteiger partial charge >= 0.3 is 10.1 Å². The molecular weight excluding hydrogens is 568 g/mol. The van der Waals surface area contributed by atoms with Gasteiger partial charge in [-0.25, -0.2) is 0 Å². The molecule has 0 radical (unpaired) electrons. The standard InChI is InChI=1S/C26H22BrClN2O5S/c1-4-34-24-14-18(12-19(15-29)26(31)30-23-7-5-6-22(28)17(23)3)13-21(27)25(24)35-36(32,33)20-10-8-16(2)9-11-20/h5-14H,4H2,1-3H3,(H,30,31)/b19-12+. The highest BCUT2D eigenvalue weighted by Crippen LogP contribution is 2.39. The Morgan fingerprint density at radius 1 is 1.17 bits per heavy atom. The number of nitrogens with one attached hydrogen (secondary N) is 1. The van der Waals surface area contributed by atoms with Crippen LogP contribution in [0.2, 0.25) is 5.02 Å². The predicted octanol–water partition coefficient (Wildman–Crippen LogP) is 6.43. The number of aryl methyl sites for hydroxylation is 1. The first kappa shape index (κ1) is 27.3. The van der Waals surface area contributed by atoms with Crippen LogP contribution in [0.3, 0.4) is 0 Å². The lowest BCUT2D eigenvalue weighted by Crippen LogP contribution is -2.14. The molecule has 0 aliphatic heterocycles. The fourth-order valence-electron chi connectivity index (χ4n) is 3.13. The highest BCUT2D eigenvalue weighted by molar-refractivity contribution is 9.10. The number of nitriles is 1. The SMILES string of the molecule is CCOc1cc(/C=C(\C#N)C(=O)Nc2cccc(Cl)c2C)cc(Br)c1OS(=O)(=O)c1ccc(C)cc1. The first-order valence-electron chi connectivity index (χ1n) is 10.7. The lowest BCUT2D eigenvalue weighted by molar-refractivity contribution is -0.112. The van der Waals surface area contributed by atoms with Crippen molar-refractivity contribution < 1.29 is 22.1 Å². The van der Waals surface area contributed by atoms with Crippen molar-refractivity contribution in [1.82, 2.24) is 0 Å². The van der Waals surface area contributed by atoms with Crippen LogP contribution in [-0.4, -0.2) is 20.9 Å². The number of hydrogen-bond acceptors (Lipinski definition) is 6. The molecule has 0 spiro atoms. The maximum atomic E-state index is 12.8. The molecule has 0 fully saturated rings. The van der Waals surface area contributed by atoms with Crippen molar-refractivity contribution in [2.45, 2.75) is 25.7 Å². The van der Waals surface area contributed by atoms with Crippen molar-refractivity contribution in [1.29, 1.82) is 5.26 Å². The smallest absolute Gasteiger partial charge is 0.339 e. The fourth-order valence-corrected chi connectivity index (χ4v) is 4.90. The van der Waals surface area contributed by atoms with Gasteiger partial charge in [-0.3, -0.25) is 4.79 Å². The molecule has 0 saturated carbocycles. The van der Waals surface area contributed by atoms with E-state index in [-0.39, 0.29) is 33.0 Å². The molecule has 0 aliphatic rings. The number of rotatable bonds is 8. The molecule has 0 atom stereocenters. The Kier molecular flexibility index (Phi) is 8.79. The summed E-state index contributed by atoms with van der Waals surface area (Å²) in [5.41, 5.74) is 2.30. The summed E-state index contributed by atoms with van der Waals surface area (Å²) in [6.07, 6.45) is 1.36. The second kappa shape index (κ2) is 11.6. The molecule has 0 heterocycles. The van der Waals surface area contributed by atoms with Crippen molar-refractivity contribution in [2.24, 2.45) is 0 Å². The molecule has 1 amide bonds. The Bertz CT molecular complexity index is 1480. The van der Waals surface area contributed by atoms with Crippen LogP contribution in [-0.2, 0) is 14.9 Å². The monoisotopic (exact) mass is 588 g/mol. The Balaban J connectivity index is 1.95. The molecule has 36 heavy (non-hydrogen) atoms. The van der Waals surface area contributed by atoms with Crippen LogP contribution in [0.25, 0.3) is 6.08 Å². The van der Waals surface area contributed by atoms with E-state index in [0.717, 1.165) is 5.56 Å². The van der Waals surface area contributed by atoms with Gasteiger partial charge in [0.25, 0.3) is 5.91 Å². The maximum Gasteiger partial charge on any atom is 0.339 e. The van der Waals surface area contributed by atoms with Crippen LogP contribution in [0.1, 0.15) is 23.6 Å². The molecule has 0 bridgehead atoms. The van der Waals surface area contributed by atoms with Crippen molar-refractivity contribution in [2.75, 3.05) is 11.9 Å². The van der Waals surface area contributed by atoms with E-state index >= 15 is 0 Å². The highest BCUT2D eigenvalue weighted by atomic mass is 79.9. The van der Waals surface area contributed by atoms with Gasteiger partial charge in [0.05, 0.1) is 11.1 Å². The molecular formula is C26H22BrClN2O5S. The molecule has 1 N–H and O–H groups in total. The highest BCUT2D eigenvalue weighted by Gasteiger charge is 2.22. The summed E-state index contributed by atoms with van der Waals surface area (Å²) < 4.78 is 36.9. The number of carbonyl (C=O) groups is 1. The number of hydrogen-bond donors (Lipinski definition) is 1. The van der Waals surface area contributed by atoms with Crippen molar-refractivity contribution in [3.63, 3.8) is 0 Å². The van der Waals surface area contributed by atoms with Crippen molar-refractivity contribution >= 4 is 55.3 Å². The molecule has 0 unspecified atom stereocenters. The van der Waals surface area contributed by atoms with Gasteiger partial charge in [0, 0.05) is 10.7 Å². The van der Waals surface area contributed by atoms with Gasteiger partial charge in [-0.15, -0.1) is 0 Å². The third kappa shape index (κ3) is 6.46. The van der Waals surface area contributed by atoms with E-state index in [0.29, 0.717) is 21.8 Å². The molecule has 3 aromatic rings. The predicted molar refractivity (Wildman–Crippen MR) is 143 cm³/mol. The average molecular weight is 590 g/mol. The molecule has 0 saturated heterocycles. The summed E-state index contributed by atoms with van der Waals surface area (Å²) in [6.45, 7) is 5.55. The van der Waals surface area contributed by atoms with Crippen LogP contribution in [0.5, 0.6) is 11.5 Å².